The Hall–Kier alpha value is -4.00. The molecule has 0 aliphatic carbocycles. The zero-order valence-electron chi connectivity index (χ0n) is 15.3. The Bertz CT molecular complexity index is 1380. The lowest BCUT2D eigenvalue weighted by Gasteiger charge is -2.10. The van der Waals surface area contributed by atoms with E-state index in [1.165, 1.54) is 12.1 Å². The maximum Gasteiger partial charge on any atom is 0.266 e. The van der Waals surface area contributed by atoms with Crippen LogP contribution in [0.4, 0.5) is 4.39 Å². The van der Waals surface area contributed by atoms with Gasteiger partial charge in [-0.05, 0) is 35.9 Å². The van der Waals surface area contributed by atoms with Crippen LogP contribution in [-0.2, 0) is 6.54 Å². The number of pyridine rings is 2. The second kappa shape index (κ2) is 6.56. The summed E-state index contributed by atoms with van der Waals surface area (Å²) >= 11 is 0. The second-order valence-electron chi connectivity index (χ2n) is 6.84. The first-order chi connectivity index (χ1) is 14.1. The number of nitrogens with zero attached hydrogens (tertiary/aromatic N) is 3. The highest BCUT2D eigenvalue weighted by molar-refractivity contribution is 6.10. The standard InChI is InChI=1S/C22H16FN5O/c23-16-3-1-2-13(8-16)12-28-18-11-25-6-5-17(18)19(20(28)21(24)29)15-9-14-4-7-26-22(14)27-10-15/h1-11H,12H2,(H2,24,29)(H,26,27). The lowest BCUT2D eigenvalue weighted by Crippen LogP contribution is -2.18. The number of benzene rings is 1. The van der Waals surface area contributed by atoms with Crippen molar-refractivity contribution in [1.29, 1.82) is 0 Å². The highest BCUT2D eigenvalue weighted by atomic mass is 19.1. The lowest BCUT2D eigenvalue weighted by atomic mass is 10.0. The summed E-state index contributed by atoms with van der Waals surface area (Å²) in [6, 6.07) is 12.0. The van der Waals surface area contributed by atoms with Crippen LogP contribution in [0.1, 0.15) is 16.1 Å². The van der Waals surface area contributed by atoms with Gasteiger partial charge in [0.25, 0.3) is 5.91 Å². The number of primary amides is 1. The predicted molar refractivity (Wildman–Crippen MR) is 109 cm³/mol. The molecule has 0 spiro atoms. The van der Waals surface area contributed by atoms with E-state index >= 15 is 0 Å². The Morgan fingerprint density at radius 2 is 2.07 bits per heavy atom. The van der Waals surface area contributed by atoms with E-state index in [2.05, 4.69) is 15.0 Å². The fourth-order valence-electron chi connectivity index (χ4n) is 3.80. The summed E-state index contributed by atoms with van der Waals surface area (Å²) in [4.78, 5) is 24.3. The van der Waals surface area contributed by atoms with Crippen LogP contribution in [0.2, 0.25) is 0 Å². The molecule has 4 heterocycles. The van der Waals surface area contributed by atoms with Crippen molar-refractivity contribution in [2.75, 3.05) is 0 Å². The van der Waals surface area contributed by atoms with E-state index in [1.54, 1.807) is 29.2 Å². The van der Waals surface area contributed by atoms with E-state index < -0.39 is 5.91 Å². The summed E-state index contributed by atoms with van der Waals surface area (Å²) in [6.45, 7) is 0.290. The van der Waals surface area contributed by atoms with Crippen LogP contribution in [0.15, 0.2) is 67.3 Å². The van der Waals surface area contributed by atoms with Gasteiger partial charge in [-0.1, -0.05) is 12.1 Å². The van der Waals surface area contributed by atoms with Crippen LogP contribution < -0.4 is 5.73 Å². The number of carbonyl (C=O) groups excluding carboxylic acids is 1. The van der Waals surface area contributed by atoms with Crippen molar-refractivity contribution < 1.29 is 9.18 Å². The van der Waals surface area contributed by atoms with Gasteiger partial charge >= 0.3 is 0 Å². The number of aromatic amines is 1. The number of nitrogens with two attached hydrogens (primary N) is 1. The predicted octanol–water partition coefficient (Wildman–Crippen LogP) is 3.87. The third kappa shape index (κ3) is 2.84. The van der Waals surface area contributed by atoms with Crippen molar-refractivity contribution in [2.24, 2.45) is 5.73 Å². The smallest absolute Gasteiger partial charge is 0.266 e. The summed E-state index contributed by atoms with van der Waals surface area (Å²) in [5.41, 5.74) is 9.86. The molecule has 3 N–H and O–H groups in total. The lowest BCUT2D eigenvalue weighted by molar-refractivity contribution is 0.0993. The van der Waals surface area contributed by atoms with Gasteiger partial charge < -0.3 is 15.3 Å². The van der Waals surface area contributed by atoms with Gasteiger partial charge in [0.05, 0.1) is 11.7 Å². The quantitative estimate of drug-likeness (QED) is 0.492. The first kappa shape index (κ1) is 17.1. The molecule has 142 valence electrons. The van der Waals surface area contributed by atoms with Crippen LogP contribution in [0.5, 0.6) is 0 Å². The molecule has 5 rings (SSSR count). The highest BCUT2D eigenvalue weighted by Gasteiger charge is 2.23. The molecule has 0 radical (unpaired) electrons. The molecule has 0 saturated carbocycles. The number of amides is 1. The van der Waals surface area contributed by atoms with Gasteiger partial charge in [0.1, 0.15) is 17.2 Å². The van der Waals surface area contributed by atoms with Crippen molar-refractivity contribution in [1.82, 2.24) is 19.5 Å². The number of nitrogens with one attached hydrogen (secondary N) is 1. The number of carbonyl (C=O) groups is 1. The van der Waals surface area contributed by atoms with Gasteiger partial charge in [-0.2, -0.15) is 0 Å². The molecule has 0 unspecified atom stereocenters. The van der Waals surface area contributed by atoms with Crippen molar-refractivity contribution in [3.63, 3.8) is 0 Å². The second-order valence-corrected chi connectivity index (χ2v) is 6.84. The molecule has 6 nitrogen and oxygen atoms in total. The summed E-state index contributed by atoms with van der Waals surface area (Å²) in [5, 5.41) is 1.76. The van der Waals surface area contributed by atoms with Crippen LogP contribution in [0.25, 0.3) is 33.1 Å². The minimum absolute atomic E-state index is 0.290. The van der Waals surface area contributed by atoms with Crippen molar-refractivity contribution in [3.05, 3.63) is 84.3 Å². The Morgan fingerprint density at radius 3 is 2.90 bits per heavy atom. The number of halogens is 1. The molecule has 1 amide bonds. The van der Waals surface area contributed by atoms with E-state index in [0.717, 1.165) is 33.1 Å². The van der Waals surface area contributed by atoms with Gasteiger partial charge in [0.15, 0.2) is 0 Å². The molecule has 0 aliphatic heterocycles. The number of hydrogen-bond acceptors (Lipinski definition) is 3. The largest absolute Gasteiger partial charge is 0.364 e. The highest BCUT2D eigenvalue weighted by Crippen LogP contribution is 2.35. The van der Waals surface area contributed by atoms with E-state index in [9.17, 15) is 9.18 Å². The molecule has 1 aromatic carbocycles. The van der Waals surface area contributed by atoms with Crippen LogP contribution >= 0.6 is 0 Å². The molecule has 0 aliphatic rings. The zero-order valence-corrected chi connectivity index (χ0v) is 15.3. The molecular weight excluding hydrogens is 369 g/mol. The normalized spacial score (nSPS) is 11.3. The van der Waals surface area contributed by atoms with Crippen LogP contribution in [0, 0.1) is 5.82 Å². The number of hydrogen-bond donors (Lipinski definition) is 2. The maximum atomic E-state index is 13.7. The Kier molecular flexibility index (Phi) is 3.87. The fraction of sp³-hybridized carbons (Fsp3) is 0.0455. The van der Waals surface area contributed by atoms with E-state index in [1.807, 2.05) is 30.5 Å². The SMILES string of the molecule is NC(=O)c1c(-c2cnc3[nH]ccc3c2)c2ccncc2n1Cc1cccc(F)c1. The van der Waals surface area contributed by atoms with E-state index in [4.69, 9.17) is 5.73 Å². The summed E-state index contributed by atoms with van der Waals surface area (Å²) in [6.07, 6.45) is 6.89. The first-order valence-corrected chi connectivity index (χ1v) is 9.06. The molecule has 7 heteroatoms. The summed E-state index contributed by atoms with van der Waals surface area (Å²) < 4.78 is 15.5. The van der Waals surface area contributed by atoms with Gasteiger partial charge in [-0.3, -0.25) is 9.78 Å². The third-order valence-corrected chi connectivity index (χ3v) is 5.02. The molecule has 4 aromatic heterocycles. The molecule has 0 saturated heterocycles. The van der Waals surface area contributed by atoms with Gasteiger partial charge in [-0.15, -0.1) is 0 Å². The third-order valence-electron chi connectivity index (χ3n) is 5.02. The van der Waals surface area contributed by atoms with Crippen molar-refractivity contribution in [2.45, 2.75) is 6.54 Å². The Labute approximate surface area is 164 Å². The minimum Gasteiger partial charge on any atom is -0.364 e. The maximum absolute atomic E-state index is 13.7. The molecule has 0 fully saturated rings. The minimum atomic E-state index is -0.568. The topological polar surface area (TPSA) is 89.6 Å². The summed E-state index contributed by atoms with van der Waals surface area (Å²) in [5.74, 6) is -0.901. The molecular formula is C22H16FN5O. The summed E-state index contributed by atoms with van der Waals surface area (Å²) in [7, 11) is 0. The molecule has 29 heavy (non-hydrogen) atoms. The number of fused-ring (bicyclic) bond motifs is 2. The first-order valence-electron chi connectivity index (χ1n) is 9.06. The Morgan fingerprint density at radius 1 is 1.17 bits per heavy atom. The van der Waals surface area contributed by atoms with Crippen LogP contribution in [-0.4, -0.2) is 25.4 Å². The Balaban J connectivity index is 1.79. The zero-order chi connectivity index (χ0) is 20.0. The molecule has 0 bridgehead atoms. The van der Waals surface area contributed by atoms with Crippen molar-refractivity contribution in [3.8, 4) is 11.1 Å². The molecule has 5 aromatic rings. The van der Waals surface area contributed by atoms with E-state index in [-0.39, 0.29) is 12.4 Å². The number of rotatable bonds is 4. The van der Waals surface area contributed by atoms with Crippen LogP contribution in [0.3, 0.4) is 0 Å². The van der Waals surface area contributed by atoms with Gasteiger partial charge in [0, 0.05) is 47.0 Å². The van der Waals surface area contributed by atoms with E-state index in [0.29, 0.717) is 11.3 Å². The van der Waals surface area contributed by atoms with Gasteiger partial charge in [-0.25, -0.2) is 9.37 Å². The number of H-pyrrole nitrogens is 1. The average Bonchev–Trinajstić information content (AvgIpc) is 3.30. The average molecular weight is 385 g/mol. The monoisotopic (exact) mass is 385 g/mol. The number of aromatic nitrogens is 4. The van der Waals surface area contributed by atoms with Crippen molar-refractivity contribution >= 4 is 27.8 Å². The molecule has 0 atom stereocenters. The van der Waals surface area contributed by atoms with Gasteiger partial charge in [0.2, 0.25) is 0 Å². The fourth-order valence-corrected chi connectivity index (χ4v) is 3.80.